The van der Waals surface area contributed by atoms with Gasteiger partial charge in [0, 0.05) is 5.56 Å². The van der Waals surface area contributed by atoms with Crippen LogP contribution in [0, 0.1) is 13.8 Å². The first kappa shape index (κ1) is 13.9. The fraction of sp³-hybridized carbons (Fsp3) is 0.200. The summed E-state index contributed by atoms with van der Waals surface area (Å²) in [4.78, 5) is 11.5. The second-order valence-electron chi connectivity index (χ2n) is 4.41. The van der Waals surface area contributed by atoms with Crippen molar-refractivity contribution in [2.45, 2.75) is 13.8 Å². The van der Waals surface area contributed by atoms with Gasteiger partial charge in [-0.1, -0.05) is 17.7 Å². The number of nitrogens with zero attached hydrogens (tertiary/aromatic N) is 1. The van der Waals surface area contributed by atoms with Crippen LogP contribution in [0.4, 0.5) is 0 Å². The van der Waals surface area contributed by atoms with E-state index in [1.807, 2.05) is 32.0 Å². The zero-order valence-corrected chi connectivity index (χ0v) is 11.4. The predicted octanol–water partition coefficient (Wildman–Crippen LogP) is 2.43. The number of benzene rings is 1. The van der Waals surface area contributed by atoms with Crippen molar-refractivity contribution < 1.29 is 13.9 Å². The topological polar surface area (TPSA) is 63.8 Å². The Morgan fingerprint density at radius 1 is 1.40 bits per heavy atom. The van der Waals surface area contributed by atoms with Crippen LogP contribution in [0.5, 0.6) is 5.75 Å². The lowest BCUT2D eigenvalue weighted by molar-refractivity contribution is -0.123. The molecule has 2 rings (SSSR count). The zero-order valence-electron chi connectivity index (χ0n) is 11.4. The summed E-state index contributed by atoms with van der Waals surface area (Å²) < 4.78 is 10.3. The third-order valence-corrected chi connectivity index (χ3v) is 2.64. The van der Waals surface area contributed by atoms with Crippen molar-refractivity contribution in [3.8, 4) is 5.75 Å². The number of hydrogen-bond donors (Lipinski definition) is 1. The molecule has 0 radical (unpaired) electrons. The smallest absolute Gasteiger partial charge is 0.277 e. The van der Waals surface area contributed by atoms with E-state index in [4.69, 9.17) is 9.15 Å². The number of rotatable bonds is 5. The number of carbonyl (C=O) groups excluding carboxylic acids is 1. The van der Waals surface area contributed by atoms with Crippen LogP contribution in [0.1, 0.15) is 16.7 Å². The van der Waals surface area contributed by atoms with Crippen LogP contribution >= 0.6 is 0 Å². The standard InChI is InChI=1S/C15H16N2O3/c1-11-3-4-14(12(2)7-11)20-10-15(18)17-16-8-13-5-6-19-9-13/h3-9H,10H2,1-2H3,(H,17,18)/b16-8+. The molecule has 0 saturated carbocycles. The van der Waals surface area contributed by atoms with E-state index in [0.717, 1.165) is 16.7 Å². The third-order valence-electron chi connectivity index (χ3n) is 2.64. The van der Waals surface area contributed by atoms with Gasteiger partial charge >= 0.3 is 0 Å². The molecule has 5 nitrogen and oxygen atoms in total. The fourth-order valence-electron chi connectivity index (χ4n) is 1.66. The van der Waals surface area contributed by atoms with Gasteiger partial charge in [-0.25, -0.2) is 5.43 Å². The summed E-state index contributed by atoms with van der Waals surface area (Å²) in [5, 5.41) is 3.80. The zero-order chi connectivity index (χ0) is 14.4. The molecular formula is C15H16N2O3. The maximum Gasteiger partial charge on any atom is 0.277 e. The molecule has 20 heavy (non-hydrogen) atoms. The van der Waals surface area contributed by atoms with Crippen molar-refractivity contribution in [1.82, 2.24) is 5.43 Å². The molecular weight excluding hydrogens is 256 g/mol. The first-order valence-corrected chi connectivity index (χ1v) is 6.19. The maximum atomic E-state index is 11.5. The molecule has 0 aliphatic heterocycles. The Kier molecular flexibility index (Phi) is 4.55. The van der Waals surface area contributed by atoms with Gasteiger partial charge in [0.2, 0.25) is 0 Å². The van der Waals surface area contributed by atoms with Gasteiger partial charge in [-0.05, 0) is 31.5 Å². The molecule has 1 amide bonds. The molecule has 0 fully saturated rings. The quantitative estimate of drug-likeness (QED) is 0.671. The predicted molar refractivity (Wildman–Crippen MR) is 75.9 cm³/mol. The molecule has 0 spiro atoms. The van der Waals surface area contributed by atoms with Gasteiger partial charge in [-0.3, -0.25) is 4.79 Å². The highest BCUT2D eigenvalue weighted by atomic mass is 16.5. The van der Waals surface area contributed by atoms with Crippen LogP contribution in [0.3, 0.4) is 0 Å². The molecule has 2 aromatic rings. The molecule has 5 heteroatoms. The second-order valence-corrected chi connectivity index (χ2v) is 4.41. The number of aryl methyl sites for hydroxylation is 2. The Balaban J connectivity index is 1.80. The van der Waals surface area contributed by atoms with Crippen LogP contribution < -0.4 is 10.2 Å². The molecule has 0 saturated heterocycles. The summed E-state index contributed by atoms with van der Waals surface area (Å²) >= 11 is 0. The number of ether oxygens (including phenoxy) is 1. The first-order chi connectivity index (χ1) is 9.65. The maximum absolute atomic E-state index is 11.5. The van der Waals surface area contributed by atoms with Crippen molar-refractivity contribution in [2.75, 3.05) is 6.61 Å². The minimum absolute atomic E-state index is 0.0768. The largest absolute Gasteiger partial charge is 0.483 e. The van der Waals surface area contributed by atoms with E-state index >= 15 is 0 Å². The molecule has 104 valence electrons. The Hall–Kier alpha value is -2.56. The molecule has 1 N–H and O–H groups in total. The van der Waals surface area contributed by atoms with Crippen molar-refractivity contribution in [1.29, 1.82) is 0 Å². The summed E-state index contributed by atoms with van der Waals surface area (Å²) in [6.45, 7) is 3.87. The van der Waals surface area contributed by atoms with Gasteiger partial charge < -0.3 is 9.15 Å². The summed E-state index contributed by atoms with van der Waals surface area (Å²) in [6.07, 6.45) is 4.56. The van der Waals surface area contributed by atoms with E-state index in [1.165, 1.54) is 18.7 Å². The molecule has 0 aliphatic carbocycles. The van der Waals surface area contributed by atoms with Crippen LogP contribution in [-0.2, 0) is 4.79 Å². The average molecular weight is 272 g/mol. The van der Waals surface area contributed by atoms with E-state index in [2.05, 4.69) is 10.5 Å². The Labute approximate surface area is 117 Å². The van der Waals surface area contributed by atoms with Gasteiger partial charge in [0.1, 0.15) is 5.75 Å². The van der Waals surface area contributed by atoms with Crippen molar-refractivity contribution in [3.05, 3.63) is 53.5 Å². The van der Waals surface area contributed by atoms with E-state index in [9.17, 15) is 4.79 Å². The minimum atomic E-state index is -0.315. The SMILES string of the molecule is Cc1ccc(OCC(=O)N/N=C/c2ccoc2)c(C)c1. The number of carbonyl (C=O) groups is 1. The van der Waals surface area contributed by atoms with Crippen LogP contribution in [0.25, 0.3) is 0 Å². The fourth-order valence-corrected chi connectivity index (χ4v) is 1.66. The normalized spacial score (nSPS) is 10.7. The van der Waals surface area contributed by atoms with Crippen molar-refractivity contribution in [2.24, 2.45) is 5.10 Å². The summed E-state index contributed by atoms with van der Waals surface area (Å²) in [5.74, 6) is 0.384. The van der Waals surface area contributed by atoms with Crippen molar-refractivity contribution >= 4 is 12.1 Å². The highest BCUT2D eigenvalue weighted by Gasteiger charge is 2.04. The molecule has 0 unspecified atom stereocenters. The third kappa shape index (κ3) is 3.98. The minimum Gasteiger partial charge on any atom is -0.483 e. The van der Waals surface area contributed by atoms with Crippen LogP contribution in [0.15, 0.2) is 46.3 Å². The number of hydrogen-bond acceptors (Lipinski definition) is 4. The van der Waals surface area contributed by atoms with Crippen LogP contribution in [0.2, 0.25) is 0 Å². The summed E-state index contributed by atoms with van der Waals surface area (Å²) in [5.41, 5.74) is 5.32. The summed E-state index contributed by atoms with van der Waals surface area (Å²) in [7, 11) is 0. The lowest BCUT2D eigenvalue weighted by Gasteiger charge is -2.08. The highest BCUT2D eigenvalue weighted by Crippen LogP contribution is 2.18. The molecule has 1 heterocycles. The number of furan rings is 1. The second kappa shape index (κ2) is 6.56. The lowest BCUT2D eigenvalue weighted by atomic mass is 10.1. The highest BCUT2D eigenvalue weighted by molar-refractivity contribution is 5.82. The molecule has 1 aromatic heterocycles. The van der Waals surface area contributed by atoms with Crippen molar-refractivity contribution in [3.63, 3.8) is 0 Å². The molecule has 0 bridgehead atoms. The van der Waals surface area contributed by atoms with Gasteiger partial charge in [0.15, 0.2) is 6.61 Å². The number of hydrazone groups is 1. The molecule has 0 aliphatic rings. The Morgan fingerprint density at radius 3 is 2.95 bits per heavy atom. The summed E-state index contributed by atoms with van der Waals surface area (Å²) in [6, 6.07) is 7.54. The van der Waals surface area contributed by atoms with Gasteiger partial charge in [-0.15, -0.1) is 0 Å². The lowest BCUT2D eigenvalue weighted by Crippen LogP contribution is -2.24. The number of amides is 1. The van der Waals surface area contributed by atoms with E-state index < -0.39 is 0 Å². The van der Waals surface area contributed by atoms with Gasteiger partial charge in [0.05, 0.1) is 18.7 Å². The molecule has 1 aromatic carbocycles. The average Bonchev–Trinajstić information content (AvgIpc) is 2.91. The van der Waals surface area contributed by atoms with E-state index in [0.29, 0.717) is 5.75 Å². The van der Waals surface area contributed by atoms with Gasteiger partial charge in [-0.2, -0.15) is 5.10 Å². The van der Waals surface area contributed by atoms with E-state index in [-0.39, 0.29) is 12.5 Å². The monoisotopic (exact) mass is 272 g/mol. The van der Waals surface area contributed by atoms with E-state index in [1.54, 1.807) is 6.07 Å². The number of nitrogens with one attached hydrogen (secondary N) is 1. The Morgan fingerprint density at radius 2 is 2.25 bits per heavy atom. The molecule has 0 atom stereocenters. The van der Waals surface area contributed by atoms with Crippen LogP contribution in [-0.4, -0.2) is 18.7 Å². The van der Waals surface area contributed by atoms with Gasteiger partial charge in [0.25, 0.3) is 5.91 Å². The first-order valence-electron chi connectivity index (χ1n) is 6.19. The Bertz CT molecular complexity index is 604.